The van der Waals surface area contributed by atoms with Crippen LogP contribution in [0.1, 0.15) is 11.1 Å². The monoisotopic (exact) mass is 417 g/mol. The van der Waals surface area contributed by atoms with Gasteiger partial charge in [0.25, 0.3) is 0 Å². The molecule has 154 valence electrons. The predicted octanol–water partition coefficient (Wildman–Crippen LogP) is 6.48. The Balaban J connectivity index is 1.39. The van der Waals surface area contributed by atoms with Gasteiger partial charge in [-0.1, -0.05) is 48.5 Å². The lowest BCUT2D eigenvalue weighted by molar-refractivity contribution is 0.668. The summed E-state index contributed by atoms with van der Waals surface area (Å²) in [5.74, 6) is 0.753. The van der Waals surface area contributed by atoms with Crippen LogP contribution in [0, 0.1) is 5.41 Å². The average Bonchev–Trinajstić information content (AvgIpc) is 3.39. The van der Waals surface area contributed by atoms with Crippen molar-refractivity contribution < 1.29 is 8.83 Å². The van der Waals surface area contributed by atoms with Crippen molar-refractivity contribution in [2.75, 3.05) is 7.05 Å². The number of hydrogen-bond donors (Lipinski definition) is 2. The summed E-state index contributed by atoms with van der Waals surface area (Å²) in [4.78, 5) is 4.56. The maximum absolute atomic E-state index is 8.58. The van der Waals surface area contributed by atoms with Gasteiger partial charge in [0.15, 0.2) is 5.84 Å². The first-order valence-electron chi connectivity index (χ1n) is 10.4. The quantitative estimate of drug-likeness (QED) is 0.250. The summed E-state index contributed by atoms with van der Waals surface area (Å²) in [6.07, 6.45) is 0. The second kappa shape index (κ2) is 7.10. The molecular formula is C27H19N3O2. The number of nitrogens with one attached hydrogen (secondary N) is 2. The van der Waals surface area contributed by atoms with E-state index in [4.69, 9.17) is 14.2 Å². The molecule has 2 aromatic heterocycles. The number of fused-ring (bicyclic) bond motifs is 6. The Morgan fingerprint density at radius 3 is 1.75 bits per heavy atom. The first-order valence-corrected chi connectivity index (χ1v) is 10.4. The van der Waals surface area contributed by atoms with Crippen LogP contribution in [0.4, 0.5) is 0 Å². The fraction of sp³-hybridized carbons (Fsp3) is 0.0370. The van der Waals surface area contributed by atoms with E-state index in [0.717, 1.165) is 49.4 Å². The lowest BCUT2D eigenvalue weighted by Crippen LogP contribution is -2.21. The number of aliphatic imine (C=N–C) groups is 1. The Morgan fingerprint density at radius 2 is 1.16 bits per heavy atom. The minimum Gasteiger partial charge on any atom is -0.456 e. The highest BCUT2D eigenvalue weighted by molar-refractivity contribution is 6.14. The predicted molar refractivity (Wildman–Crippen MR) is 130 cm³/mol. The van der Waals surface area contributed by atoms with E-state index < -0.39 is 0 Å². The van der Waals surface area contributed by atoms with Gasteiger partial charge in [-0.25, -0.2) is 4.99 Å². The lowest BCUT2D eigenvalue weighted by atomic mass is 10.1. The summed E-state index contributed by atoms with van der Waals surface area (Å²) >= 11 is 0. The highest BCUT2D eigenvalue weighted by atomic mass is 16.3. The van der Waals surface area contributed by atoms with Crippen molar-refractivity contribution in [1.82, 2.24) is 5.32 Å². The summed E-state index contributed by atoms with van der Waals surface area (Å²) in [5.41, 5.74) is 4.78. The van der Waals surface area contributed by atoms with Gasteiger partial charge in [0.1, 0.15) is 28.2 Å². The Hall–Kier alpha value is -4.38. The minimum atomic E-state index is 0.154. The van der Waals surface area contributed by atoms with Crippen LogP contribution in [0.5, 0.6) is 0 Å². The molecule has 0 fully saturated rings. The zero-order valence-electron chi connectivity index (χ0n) is 17.3. The summed E-state index contributed by atoms with van der Waals surface area (Å²) < 4.78 is 12.0. The first-order chi connectivity index (χ1) is 15.7. The molecule has 2 N–H and O–H groups in total. The number of amidine groups is 2. The molecule has 0 bridgehead atoms. The maximum Gasteiger partial charge on any atom is 0.154 e. The normalized spacial score (nSPS) is 12.2. The number of benzene rings is 4. The second-order valence-electron chi connectivity index (χ2n) is 7.68. The highest BCUT2D eigenvalue weighted by Crippen LogP contribution is 2.30. The molecule has 0 aliphatic heterocycles. The SMILES string of the molecule is CN/C(=N\C(=N)c1ccc2c(c1)oc1ccccc12)c1ccc2c(c1)oc1ccccc12. The Labute approximate surface area is 183 Å². The third-order valence-electron chi connectivity index (χ3n) is 5.76. The maximum atomic E-state index is 8.58. The molecule has 0 saturated heterocycles. The van der Waals surface area contributed by atoms with Crippen molar-refractivity contribution in [3.63, 3.8) is 0 Å². The van der Waals surface area contributed by atoms with Crippen LogP contribution in [0.2, 0.25) is 0 Å². The van der Waals surface area contributed by atoms with E-state index in [0.29, 0.717) is 11.4 Å². The van der Waals surface area contributed by atoms with Crippen LogP contribution in [0.15, 0.2) is 98.8 Å². The molecule has 0 atom stereocenters. The molecule has 0 spiro atoms. The largest absolute Gasteiger partial charge is 0.456 e. The van der Waals surface area contributed by atoms with E-state index >= 15 is 0 Å². The van der Waals surface area contributed by atoms with Crippen LogP contribution in [-0.2, 0) is 0 Å². The van der Waals surface area contributed by atoms with Crippen LogP contribution < -0.4 is 5.32 Å². The molecule has 2 heterocycles. The zero-order chi connectivity index (χ0) is 21.7. The summed E-state index contributed by atoms with van der Waals surface area (Å²) in [6, 6.07) is 27.7. The standard InChI is InChI=1S/C27H19N3O2/c1-29-27(17-11-13-21-19-7-3-5-9-23(19)32-25(21)15-17)30-26(28)16-10-12-20-18-6-2-4-8-22(18)31-24(20)14-16/h2-15H,1H3,(H2,28,29,30). The summed E-state index contributed by atoms with van der Waals surface area (Å²) in [7, 11) is 1.80. The summed E-state index contributed by atoms with van der Waals surface area (Å²) in [6.45, 7) is 0. The van der Waals surface area contributed by atoms with E-state index in [1.54, 1.807) is 7.05 Å². The Bertz CT molecular complexity index is 1690. The first kappa shape index (κ1) is 18.4. The Morgan fingerprint density at radius 1 is 0.656 bits per heavy atom. The number of rotatable bonds is 2. The van der Waals surface area contributed by atoms with Crippen molar-refractivity contribution in [2.24, 2.45) is 4.99 Å². The van der Waals surface area contributed by atoms with Gasteiger partial charge in [0, 0.05) is 39.7 Å². The molecule has 0 unspecified atom stereocenters. The average molecular weight is 417 g/mol. The number of hydrogen-bond acceptors (Lipinski definition) is 3. The molecule has 0 saturated carbocycles. The number of para-hydroxylation sites is 2. The molecule has 4 aromatic carbocycles. The molecule has 6 aromatic rings. The molecular weight excluding hydrogens is 398 g/mol. The van der Waals surface area contributed by atoms with E-state index in [2.05, 4.69) is 16.4 Å². The second-order valence-corrected chi connectivity index (χ2v) is 7.68. The van der Waals surface area contributed by atoms with Gasteiger partial charge in [0.2, 0.25) is 0 Å². The van der Waals surface area contributed by atoms with Crippen LogP contribution in [-0.4, -0.2) is 18.7 Å². The van der Waals surface area contributed by atoms with E-state index in [1.165, 1.54) is 0 Å². The zero-order valence-corrected chi connectivity index (χ0v) is 17.3. The van der Waals surface area contributed by atoms with Crippen molar-refractivity contribution in [3.8, 4) is 0 Å². The van der Waals surface area contributed by atoms with Crippen molar-refractivity contribution in [3.05, 3.63) is 96.1 Å². The van der Waals surface area contributed by atoms with E-state index in [1.807, 2.05) is 78.9 Å². The third-order valence-corrected chi connectivity index (χ3v) is 5.76. The van der Waals surface area contributed by atoms with Crippen molar-refractivity contribution in [1.29, 1.82) is 5.41 Å². The molecule has 32 heavy (non-hydrogen) atoms. The number of furan rings is 2. The third kappa shape index (κ3) is 2.87. The fourth-order valence-electron chi connectivity index (χ4n) is 4.19. The van der Waals surface area contributed by atoms with Gasteiger partial charge in [-0.05, 0) is 36.4 Å². The van der Waals surface area contributed by atoms with Crippen molar-refractivity contribution in [2.45, 2.75) is 0 Å². The molecule has 0 radical (unpaired) electrons. The molecule has 5 nitrogen and oxygen atoms in total. The smallest absolute Gasteiger partial charge is 0.154 e. The van der Waals surface area contributed by atoms with Gasteiger partial charge in [-0.3, -0.25) is 5.41 Å². The Kier molecular flexibility index (Phi) is 4.08. The molecule has 0 aliphatic rings. The fourth-order valence-corrected chi connectivity index (χ4v) is 4.19. The van der Waals surface area contributed by atoms with Crippen LogP contribution in [0.25, 0.3) is 43.9 Å². The van der Waals surface area contributed by atoms with Gasteiger partial charge in [-0.2, -0.15) is 0 Å². The van der Waals surface area contributed by atoms with Gasteiger partial charge in [0.05, 0.1) is 0 Å². The molecule has 0 aliphatic carbocycles. The molecule has 0 amide bonds. The minimum absolute atomic E-state index is 0.154. The topological polar surface area (TPSA) is 74.5 Å². The van der Waals surface area contributed by atoms with Crippen molar-refractivity contribution >= 4 is 55.5 Å². The summed E-state index contributed by atoms with van der Waals surface area (Å²) in [5, 5.41) is 15.9. The van der Waals surface area contributed by atoms with E-state index in [-0.39, 0.29) is 5.84 Å². The van der Waals surface area contributed by atoms with Gasteiger partial charge in [-0.15, -0.1) is 0 Å². The molecule has 6 rings (SSSR count). The van der Waals surface area contributed by atoms with Gasteiger partial charge < -0.3 is 14.2 Å². The lowest BCUT2D eigenvalue weighted by Gasteiger charge is -2.07. The van der Waals surface area contributed by atoms with Crippen LogP contribution in [0.3, 0.4) is 0 Å². The van der Waals surface area contributed by atoms with Crippen LogP contribution >= 0.6 is 0 Å². The number of nitrogens with zero attached hydrogens (tertiary/aromatic N) is 1. The molecule has 5 heteroatoms. The highest BCUT2D eigenvalue weighted by Gasteiger charge is 2.12. The van der Waals surface area contributed by atoms with E-state index in [9.17, 15) is 0 Å². The van der Waals surface area contributed by atoms with Gasteiger partial charge >= 0.3 is 0 Å².